The van der Waals surface area contributed by atoms with Crippen LogP contribution in [0, 0.1) is 11.3 Å². The largest absolute Gasteiger partial charge is 0.494 e. The monoisotopic (exact) mass is 415 g/mol. The Labute approximate surface area is 179 Å². The fourth-order valence-electron chi connectivity index (χ4n) is 3.67. The Morgan fingerprint density at radius 3 is 2.77 bits per heavy atom. The van der Waals surface area contributed by atoms with Gasteiger partial charge in [0.1, 0.15) is 17.4 Å². The zero-order chi connectivity index (χ0) is 22.0. The van der Waals surface area contributed by atoms with Crippen LogP contribution in [0.15, 0.2) is 60.0 Å². The van der Waals surface area contributed by atoms with E-state index in [-0.39, 0.29) is 11.8 Å². The van der Waals surface area contributed by atoms with E-state index in [9.17, 15) is 10.1 Å². The number of aromatic nitrogens is 2. The molecule has 8 heteroatoms. The van der Waals surface area contributed by atoms with Crippen molar-refractivity contribution in [3.63, 3.8) is 0 Å². The van der Waals surface area contributed by atoms with Crippen molar-refractivity contribution in [2.24, 2.45) is 5.73 Å². The van der Waals surface area contributed by atoms with Gasteiger partial charge in [-0.2, -0.15) is 5.26 Å². The number of hydrogen-bond donors (Lipinski definition) is 3. The maximum atomic E-state index is 11.3. The van der Waals surface area contributed by atoms with Gasteiger partial charge in [0.25, 0.3) is 0 Å². The van der Waals surface area contributed by atoms with Crippen LogP contribution in [-0.2, 0) is 4.79 Å². The van der Waals surface area contributed by atoms with Crippen LogP contribution in [0.5, 0.6) is 11.6 Å². The van der Waals surface area contributed by atoms with Crippen molar-refractivity contribution >= 4 is 11.6 Å². The number of ether oxygens (including phenoxy) is 2. The molecule has 1 amide bonds. The zero-order valence-electron chi connectivity index (χ0n) is 17.1. The first-order valence-electron chi connectivity index (χ1n) is 9.78. The molecule has 3 aromatic rings. The molecule has 31 heavy (non-hydrogen) atoms. The molecule has 2 heterocycles. The number of allylic oxidation sites excluding steroid dienone is 1. The molecule has 156 valence electrons. The smallest absolute Gasteiger partial charge is 0.244 e. The molecule has 8 nitrogen and oxygen atoms in total. The minimum Gasteiger partial charge on any atom is -0.494 e. The van der Waals surface area contributed by atoms with E-state index in [0.29, 0.717) is 35.0 Å². The molecule has 1 unspecified atom stereocenters. The number of anilines is 1. The molecule has 1 aliphatic heterocycles. The highest BCUT2D eigenvalue weighted by Crippen LogP contribution is 2.46. The summed E-state index contributed by atoms with van der Waals surface area (Å²) in [6.45, 7) is 3.92. The van der Waals surface area contributed by atoms with Crippen molar-refractivity contribution < 1.29 is 14.3 Å². The Kier molecular flexibility index (Phi) is 5.33. The highest BCUT2D eigenvalue weighted by atomic mass is 16.5. The third-order valence-electron chi connectivity index (χ3n) is 4.94. The average molecular weight is 415 g/mol. The molecular formula is C23H21N5O3. The number of hydrogen-bond acceptors (Lipinski definition) is 6. The molecule has 4 N–H and O–H groups in total. The van der Waals surface area contributed by atoms with E-state index in [1.54, 1.807) is 12.1 Å². The van der Waals surface area contributed by atoms with E-state index in [0.717, 1.165) is 16.9 Å². The second-order valence-corrected chi connectivity index (χ2v) is 7.01. The number of carbonyl (C=O) groups excluding carboxylic acids is 1. The topological polar surface area (TPSA) is 126 Å². The summed E-state index contributed by atoms with van der Waals surface area (Å²) < 4.78 is 11.3. The van der Waals surface area contributed by atoms with Crippen molar-refractivity contribution in [1.82, 2.24) is 10.2 Å². The number of nitrogens with one attached hydrogen (secondary N) is 2. The molecule has 0 saturated carbocycles. The fourth-order valence-corrected chi connectivity index (χ4v) is 3.67. The number of carbonyl (C=O) groups is 1. The van der Waals surface area contributed by atoms with Gasteiger partial charge in [0.2, 0.25) is 17.7 Å². The highest BCUT2D eigenvalue weighted by Gasteiger charge is 2.35. The van der Waals surface area contributed by atoms with Crippen LogP contribution in [0.1, 0.15) is 30.9 Å². The second-order valence-electron chi connectivity index (χ2n) is 7.01. The van der Waals surface area contributed by atoms with Gasteiger partial charge in [-0.25, -0.2) is 0 Å². The minimum atomic E-state index is -0.482. The SMILES string of the molecule is CCOc1cccc(-c2[nH]nc3c2C(c2ccc(NC(C)=O)cc2)C(C#N)=C(N)O3)c1. The summed E-state index contributed by atoms with van der Waals surface area (Å²) in [5.41, 5.74) is 10.1. The van der Waals surface area contributed by atoms with Gasteiger partial charge >= 0.3 is 0 Å². The molecule has 0 saturated heterocycles. The number of rotatable bonds is 5. The fraction of sp³-hybridized carbons (Fsp3) is 0.174. The van der Waals surface area contributed by atoms with Gasteiger partial charge in [-0.15, -0.1) is 5.10 Å². The van der Waals surface area contributed by atoms with E-state index in [2.05, 4.69) is 21.6 Å². The van der Waals surface area contributed by atoms with Crippen LogP contribution in [0.25, 0.3) is 11.3 Å². The van der Waals surface area contributed by atoms with Crippen LogP contribution in [0.3, 0.4) is 0 Å². The van der Waals surface area contributed by atoms with Gasteiger partial charge in [0, 0.05) is 18.2 Å². The van der Waals surface area contributed by atoms with Crippen molar-refractivity contribution in [1.29, 1.82) is 5.26 Å². The van der Waals surface area contributed by atoms with E-state index < -0.39 is 5.92 Å². The third-order valence-corrected chi connectivity index (χ3v) is 4.94. The van der Waals surface area contributed by atoms with Gasteiger partial charge in [-0.3, -0.25) is 9.89 Å². The van der Waals surface area contributed by atoms with Crippen LogP contribution >= 0.6 is 0 Å². The minimum absolute atomic E-state index is 0.0204. The maximum absolute atomic E-state index is 11.3. The summed E-state index contributed by atoms with van der Waals surface area (Å²) >= 11 is 0. The number of amides is 1. The van der Waals surface area contributed by atoms with Crippen molar-refractivity contribution in [3.8, 4) is 29.0 Å². The van der Waals surface area contributed by atoms with E-state index >= 15 is 0 Å². The summed E-state index contributed by atoms with van der Waals surface area (Å²) in [6, 6.07) is 17.1. The number of fused-ring (bicyclic) bond motifs is 1. The highest BCUT2D eigenvalue weighted by molar-refractivity contribution is 5.88. The first-order chi connectivity index (χ1) is 15.0. The summed E-state index contributed by atoms with van der Waals surface area (Å²) in [5, 5.41) is 19.9. The lowest BCUT2D eigenvalue weighted by molar-refractivity contribution is -0.114. The third kappa shape index (κ3) is 3.81. The Balaban J connectivity index is 1.83. The lowest BCUT2D eigenvalue weighted by Gasteiger charge is -2.24. The molecule has 4 rings (SSSR count). The molecule has 0 bridgehead atoms. The summed E-state index contributed by atoms with van der Waals surface area (Å²) in [5.74, 6) is 0.432. The predicted molar refractivity (Wildman–Crippen MR) is 115 cm³/mol. The normalized spacial score (nSPS) is 14.9. The number of nitriles is 1. The number of nitrogens with two attached hydrogens (primary N) is 1. The predicted octanol–water partition coefficient (Wildman–Crippen LogP) is 3.65. The van der Waals surface area contributed by atoms with Crippen molar-refractivity contribution in [3.05, 3.63) is 71.1 Å². The Morgan fingerprint density at radius 2 is 2.10 bits per heavy atom. The molecular weight excluding hydrogens is 394 g/mol. The quantitative estimate of drug-likeness (QED) is 0.584. The first kappa shape index (κ1) is 20.0. The Hall–Kier alpha value is -4.25. The molecule has 1 aliphatic rings. The zero-order valence-corrected chi connectivity index (χ0v) is 17.1. The average Bonchev–Trinajstić information content (AvgIpc) is 3.17. The second kappa shape index (κ2) is 8.24. The number of aromatic amines is 1. The number of benzene rings is 2. The van der Waals surface area contributed by atoms with Crippen LogP contribution < -0.4 is 20.5 Å². The van der Waals surface area contributed by atoms with E-state index in [4.69, 9.17) is 15.2 Å². The van der Waals surface area contributed by atoms with Crippen LogP contribution in [0.4, 0.5) is 5.69 Å². The molecule has 0 aliphatic carbocycles. The Morgan fingerprint density at radius 1 is 1.32 bits per heavy atom. The molecule has 1 atom stereocenters. The molecule has 2 aromatic carbocycles. The summed E-state index contributed by atoms with van der Waals surface area (Å²) in [7, 11) is 0. The van der Waals surface area contributed by atoms with Gasteiger partial charge in [-0.05, 0) is 36.8 Å². The van der Waals surface area contributed by atoms with Crippen molar-refractivity contribution in [2.45, 2.75) is 19.8 Å². The summed E-state index contributed by atoms with van der Waals surface area (Å²) in [6.07, 6.45) is 0. The standard InChI is InChI=1S/C23H21N5O3/c1-3-30-17-6-4-5-15(11-17)21-20-19(14-7-9-16(10-8-14)26-13(2)29)18(12-24)22(25)31-23(20)28-27-21/h4-11,19H,3,25H2,1-2H3,(H,26,29)(H,27,28). The van der Waals surface area contributed by atoms with Crippen molar-refractivity contribution in [2.75, 3.05) is 11.9 Å². The molecule has 0 fully saturated rings. The number of nitrogens with zero attached hydrogens (tertiary/aromatic N) is 2. The first-order valence-corrected chi connectivity index (χ1v) is 9.78. The molecule has 0 spiro atoms. The van der Waals surface area contributed by atoms with Gasteiger partial charge in [-0.1, -0.05) is 24.3 Å². The Bertz CT molecular complexity index is 1200. The summed E-state index contributed by atoms with van der Waals surface area (Å²) in [4.78, 5) is 11.3. The molecule has 1 aromatic heterocycles. The van der Waals surface area contributed by atoms with Gasteiger partial charge < -0.3 is 20.5 Å². The molecule has 0 radical (unpaired) electrons. The van der Waals surface area contributed by atoms with Gasteiger partial charge in [0.15, 0.2) is 0 Å². The van der Waals surface area contributed by atoms with E-state index in [1.807, 2.05) is 43.3 Å². The van der Waals surface area contributed by atoms with E-state index in [1.165, 1.54) is 6.92 Å². The lowest BCUT2D eigenvalue weighted by Crippen LogP contribution is -2.21. The maximum Gasteiger partial charge on any atom is 0.244 e. The van der Waals surface area contributed by atoms with Crippen LogP contribution in [0.2, 0.25) is 0 Å². The van der Waals surface area contributed by atoms with Gasteiger partial charge in [0.05, 0.1) is 23.8 Å². The van der Waals surface area contributed by atoms with Crippen LogP contribution in [-0.4, -0.2) is 22.7 Å². The number of H-pyrrole nitrogens is 1. The lowest BCUT2D eigenvalue weighted by atomic mass is 9.83.